The van der Waals surface area contributed by atoms with E-state index in [0.29, 0.717) is 82.3 Å². The molecular formula is C79H110N8O6. The van der Waals surface area contributed by atoms with Crippen LogP contribution in [0.5, 0.6) is 0 Å². The second-order valence-corrected chi connectivity index (χ2v) is 32.4. The van der Waals surface area contributed by atoms with Crippen LogP contribution < -0.4 is 22.9 Å². The van der Waals surface area contributed by atoms with E-state index in [-0.39, 0.29) is 45.3 Å². The number of rotatable bonds is 12. The van der Waals surface area contributed by atoms with E-state index in [2.05, 4.69) is 130 Å². The monoisotopic (exact) mass is 1270 g/mol. The molecule has 8 fully saturated rings. The van der Waals surface area contributed by atoms with Gasteiger partial charge < -0.3 is 32.4 Å². The van der Waals surface area contributed by atoms with E-state index in [0.717, 1.165) is 95.8 Å². The lowest BCUT2D eigenvalue weighted by Crippen LogP contribution is -2.60. The van der Waals surface area contributed by atoms with Crippen LogP contribution >= 0.6 is 0 Å². The average Bonchev–Trinajstić information content (AvgIpc) is 1.63. The lowest BCUT2D eigenvalue weighted by atomic mass is 9.58. The molecule has 12 aliphatic rings. The van der Waals surface area contributed by atoms with E-state index in [9.17, 15) is 19.2 Å². The SMILES string of the molecule is CC1[C@H]2Cc3ccc(C(N)=O)cc3[C@]1(C)CCN2[C@H](C)C1CC1.C[C@H]1C2Cc3ccc(C(N)=O)cc3[C@]1(C)CCN2CC1CC1.C[C@H]1[C@H]2Cc3ccc(C(N)=O)cc3[C@]1(C)CCN2C[C@@H]1CCCO1.C[C@H]1[C@H]2Cc3ccc(C(N)=O)cc3[C@]1(C)CCN2C[C@H]1CCCO1. The van der Waals surface area contributed by atoms with Crippen LogP contribution in [0.15, 0.2) is 72.8 Å². The largest absolute Gasteiger partial charge is 0.377 e. The Kier molecular flexibility index (Phi) is 18.4. The fourth-order valence-electron chi connectivity index (χ4n) is 20.2. The molecule has 0 aromatic heterocycles. The number of ether oxygens (including phenoxy) is 2. The minimum Gasteiger partial charge on any atom is -0.377 e. The summed E-state index contributed by atoms with van der Waals surface area (Å²) in [5.74, 6) is 2.99. The van der Waals surface area contributed by atoms with Crippen LogP contribution in [0.3, 0.4) is 0 Å². The van der Waals surface area contributed by atoms with Crippen LogP contribution in [-0.2, 0) is 56.8 Å². The van der Waals surface area contributed by atoms with E-state index in [1.165, 1.54) is 128 Å². The van der Waals surface area contributed by atoms with Crippen molar-refractivity contribution in [3.63, 3.8) is 0 Å². The quantitative estimate of drug-likeness (QED) is 0.106. The predicted octanol–water partition coefficient (Wildman–Crippen LogP) is 10.8. The molecule has 0 spiro atoms. The van der Waals surface area contributed by atoms with Gasteiger partial charge >= 0.3 is 0 Å². The molecule has 8 N–H and O–H groups in total. The number of nitrogens with two attached hydrogens (primary N) is 4. The number of primary amides is 4. The number of likely N-dealkylation sites (tertiary alicyclic amines) is 4. The highest BCUT2D eigenvalue weighted by atomic mass is 16.5. The third kappa shape index (κ3) is 12.5. The molecule has 6 saturated heterocycles. The van der Waals surface area contributed by atoms with Crippen molar-refractivity contribution in [1.82, 2.24) is 19.6 Å². The van der Waals surface area contributed by atoms with Gasteiger partial charge in [0.1, 0.15) is 0 Å². The van der Waals surface area contributed by atoms with Gasteiger partial charge in [-0.05, 0) is 286 Å². The fourth-order valence-corrected chi connectivity index (χ4v) is 20.2. The number of amides is 4. The summed E-state index contributed by atoms with van der Waals surface area (Å²) >= 11 is 0. The van der Waals surface area contributed by atoms with Crippen LogP contribution in [0, 0.1) is 35.5 Å². The first-order chi connectivity index (χ1) is 44.4. The van der Waals surface area contributed by atoms with Crippen LogP contribution in [0.1, 0.15) is 225 Å². The Morgan fingerprint density at radius 3 is 1.05 bits per heavy atom. The van der Waals surface area contributed by atoms with Crippen LogP contribution in [0.25, 0.3) is 0 Å². The van der Waals surface area contributed by atoms with Crippen LogP contribution in [0.4, 0.5) is 0 Å². The molecule has 0 radical (unpaired) electrons. The molecule has 15 atom stereocenters. The Morgan fingerprint density at radius 1 is 0.441 bits per heavy atom. The van der Waals surface area contributed by atoms with Crippen LogP contribution in [-0.4, -0.2) is 145 Å². The molecular weight excluding hydrogens is 1160 g/mol. The minimum atomic E-state index is -0.327. The maximum Gasteiger partial charge on any atom is 0.248 e. The van der Waals surface area contributed by atoms with Crippen molar-refractivity contribution in [2.45, 2.75) is 229 Å². The van der Waals surface area contributed by atoms with Gasteiger partial charge in [0.15, 0.2) is 0 Å². The van der Waals surface area contributed by atoms with E-state index >= 15 is 0 Å². The minimum absolute atomic E-state index is 0.136. The summed E-state index contributed by atoms with van der Waals surface area (Å²) in [5.41, 5.74) is 36.3. The first-order valence-corrected chi connectivity index (χ1v) is 36.3. The average molecular weight is 1270 g/mol. The van der Waals surface area contributed by atoms with E-state index < -0.39 is 0 Å². The topological polar surface area (TPSA) is 204 Å². The molecule has 6 heterocycles. The molecule has 4 aromatic carbocycles. The predicted molar refractivity (Wildman–Crippen MR) is 369 cm³/mol. The summed E-state index contributed by atoms with van der Waals surface area (Å²) in [7, 11) is 0. The normalized spacial score (nSPS) is 35.1. The van der Waals surface area contributed by atoms with E-state index in [4.69, 9.17) is 32.4 Å². The number of carbonyl (C=O) groups excluding carboxylic acids is 4. The maximum atomic E-state index is 11.6. The number of piperidine rings is 4. The standard InChI is InChI=1S/2C20H28N2O2.C20H28N2O.C19H26N2O/c2*1-13-18-11-14-5-6-15(19(21)23)10-17(14)20(13,2)7-8-22(18)12-16-4-3-9-24-16;1-12-18-11-15-6-7-16(19(21)23)10-17(15)20(12,3)8-9-22(18)13(2)14-4-5-14;1-12-17-10-14-5-6-15(18(20)22)9-16(14)19(12,2)7-8-21(17)11-13-3-4-13/h2*5-6,10,13,16,18H,3-4,7-9,11-12H2,1-2H3,(H2,21,23);6-7,10,12-14,18H,4-5,8-9,11H2,1-3H3,(H2,21,23);5-6,9,12-13,17H,3-4,7-8,10-11H2,1-2H3,(H2,20,22)/t13-,16+,18+,20+;13-,16-,18+,20+;12?,13-,18-,20-;12-,17?,19+/m0010/s1. The smallest absolute Gasteiger partial charge is 0.248 e. The number of benzene rings is 4. The first-order valence-electron chi connectivity index (χ1n) is 36.3. The maximum absolute atomic E-state index is 11.6. The summed E-state index contributed by atoms with van der Waals surface area (Å²) in [6, 6.07) is 27.6. The molecule has 4 aromatic rings. The van der Waals surface area contributed by atoms with Crippen molar-refractivity contribution in [3.8, 4) is 0 Å². The second-order valence-electron chi connectivity index (χ2n) is 32.4. The molecule has 2 unspecified atom stereocenters. The van der Waals surface area contributed by atoms with Gasteiger partial charge in [-0.2, -0.15) is 0 Å². The summed E-state index contributed by atoms with van der Waals surface area (Å²) in [4.78, 5) is 57.2. The fraction of sp³-hybridized carbons (Fsp3) is 0.646. The van der Waals surface area contributed by atoms with Crippen molar-refractivity contribution in [1.29, 1.82) is 0 Å². The van der Waals surface area contributed by atoms with Crippen LogP contribution in [0.2, 0.25) is 0 Å². The van der Waals surface area contributed by atoms with Gasteiger partial charge in [-0.1, -0.05) is 79.7 Å². The molecule has 6 aliphatic heterocycles. The lowest BCUT2D eigenvalue weighted by Gasteiger charge is -2.56. The highest BCUT2D eigenvalue weighted by molar-refractivity contribution is 5.95. The van der Waals surface area contributed by atoms with Crippen molar-refractivity contribution in [3.05, 3.63) is 140 Å². The molecule has 2 saturated carbocycles. The molecule has 16 rings (SSSR count). The Balaban J connectivity index is 0.000000113. The molecule has 14 heteroatoms. The second kappa shape index (κ2) is 25.8. The first kappa shape index (κ1) is 66.1. The Labute approximate surface area is 555 Å². The highest BCUT2D eigenvalue weighted by Gasteiger charge is 2.54. The van der Waals surface area contributed by atoms with E-state index in [1.807, 2.05) is 24.3 Å². The number of carbonyl (C=O) groups is 4. The number of nitrogens with zero attached hydrogens (tertiary/aromatic N) is 4. The summed E-state index contributed by atoms with van der Waals surface area (Å²) in [5, 5.41) is 0. The van der Waals surface area contributed by atoms with E-state index in [1.54, 1.807) is 0 Å². The zero-order valence-corrected chi connectivity index (χ0v) is 57.7. The Hall–Kier alpha value is -5.48. The van der Waals surface area contributed by atoms with Crippen molar-refractivity contribution >= 4 is 23.6 Å². The Bertz CT molecular complexity index is 3370. The molecule has 8 bridgehead atoms. The zero-order chi connectivity index (χ0) is 65.6. The summed E-state index contributed by atoms with van der Waals surface area (Å²) in [6.07, 6.45) is 20.3. The molecule has 502 valence electrons. The van der Waals surface area contributed by atoms with Crippen molar-refractivity contribution < 1.29 is 28.7 Å². The number of hydrogen-bond donors (Lipinski definition) is 4. The number of hydrogen-bond acceptors (Lipinski definition) is 10. The van der Waals surface area contributed by atoms with Gasteiger partial charge in [0.05, 0.1) is 12.2 Å². The molecule has 14 nitrogen and oxygen atoms in total. The lowest BCUT2D eigenvalue weighted by molar-refractivity contribution is -0.00667. The Morgan fingerprint density at radius 2 is 0.753 bits per heavy atom. The number of fused-ring (bicyclic) bond motifs is 16. The molecule has 4 amide bonds. The summed E-state index contributed by atoms with van der Waals surface area (Å²) in [6.45, 7) is 31.4. The highest BCUT2D eigenvalue weighted by Crippen LogP contribution is 2.54. The van der Waals surface area contributed by atoms with Gasteiger partial charge in [0.2, 0.25) is 23.6 Å². The van der Waals surface area contributed by atoms with Gasteiger partial charge in [-0.15, -0.1) is 0 Å². The van der Waals surface area contributed by atoms with Crippen molar-refractivity contribution in [2.75, 3.05) is 59.0 Å². The van der Waals surface area contributed by atoms with Crippen molar-refractivity contribution in [2.24, 2.45) is 58.4 Å². The van der Waals surface area contributed by atoms with Gasteiger partial charge in [0, 0.05) is 85.3 Å². The van der Waals surface area contributed by atoms with Gasteiger partial charge in [-0.3, -0.25) is 38.8 Å². The molecule has 6 aliphatic carbocycles. The zero-order valence-electron chi connectivity index (χ0n) is 57.7. The third-order valence-corrected chi connectivity index (χ3v) is 27.5. The molecule has 93 heavy (non-hydrogen) atoms. The third-order valence-electron chi connectivity index (χ3n) is 27.5. The van der Waals surface area contributed by atoms with Gasteiger partial charge in [0.25, 0.3) is 0 Å². The van der Waals surface area contributed by atoms with Gasteiger partial charge in [-0.25, -0.2) is 0 Å². The summed E-state index contributed by atoms with van der Waals surface area (Å²) < 4.78 is 11.7.